The Labute approximate surface area is 131 Å². The molecule has 0 radical (unpaired) electrons. The first-order chi connectivity index (χ1) is 10.2. The van der Waals surface area contributed by atoms with Gasteiger partial charge in [-0.15, -0.1) is 0 Å². The number of methoxy groups -OCH3 is 1. The Bertz CT molecular complexity index is 539. The van der Waals surface area contributed by atoms with Crippen molar-refractivity contribution in [3.05, 3.63) is 52.8 Å². The van der Waals surface area contributed by atoms with Gasteiger partial charge in [-0.2, -0.15) is 5.10 Å². The molecule has 114 valence electrons. The van der Waals surface area contributed by atoms with Crippen LogP contribution in [0.15, 0.2) is 36.7 Å². The van der Waals surface area contributed by atoms with Crippen molar-refractivity contribution in [2.24, 2.45) is 7.05 Å². The first-order valence-electron chi connectivity index (χ1n) is 7.11. The highest BCUT2D eigenvalue weighted by Crippen LogP contribution is 2.22. The van der Waals surface area contributed by atoms with Crippen molar-refractivity contribution in [1.29, 1.82) is 0 Å². The van der Waals surface area contributed by atoms with E-state index >= 15 is 0 Å². The van der Waals surface area contributed by atoms with Crippen LogP contribution in [0.4, 0.5) is 0 Å². The predicted molar refractivity (Wildman–Crippen MR) is 85.9 cm³/mol. The molecule has 0 aliphatic rings. The lowest BCUT2D eigenvalue weighted by atomic mass is 9.93. The van der Waals surface area contributed by atoms with Crippen LogP contribution in [0.3, 0.4) is 0 Å². The second kappa shape index (κ2) is 8.17. The highest BCUT2D eigenvalue weighted by atomic mass is 35.5. The van der Waals surface area contributed by atoms with E-state index in [9.17, 15) is 0 Å². The van der Waals surface area contributed by atoms with Crippen LogP contribution in [-0.4, -0.2) is 36.6 Å². The Balaban J connectivity index is 2.04. The number of ether oxygens (including phenoxy) is 1. The monoisotopic (exact) mass is 307 g/mol. The molecule has 1 aromatic carbocycles. The van der Waals surface area contributed by atoms with Crippen LogP contribution in [0.1, 0.15) is 17.0 Å². The van der Waals surface area contributed by atoms with Crippen LogP contribution >= 0.6 is 11.6 Å². The summed E-state index contributed by atoms with van der Waals surface area (Å²) in [6.07, 6.45) is 4.95. The third-order valence-electron chi connectivity index (χ3n) is 3.46. The number of halogens is 1. The van der Waals surface area contributed by atoms with Crippen LogP contribution in [0.25, 0.3) is 0 Å². The molecule has 1 aromatic heterocycles. The first-order valence-corrected chi connectivity index (χ1v) is 7.49. The molecular weight excluding hydrogens is 286 g/mol. The summed E-state index contributed by atoms with van der Waals surface area (Å²) in [6, 6.07) is 8.09. The molecule has 21 heavy (non-hydrogen) atoms. The normalized spacial score (nSPS) is 12.5. The van der Waals surface area contributed by atoms with Gasteiger partial charge in [0.05, 0.1) is 12.8 Å². The van der Waals surface area contributed by atoms with Crippen LogP contribution in [0.2, 0.25) is 5.02 Å². The van der Waals surface area contributed by atoms with E-state index in [0.29, 0.717) is 5.92 Å². The fraction of sp³-hybridized carbons (Fsp3) is 0.438. The molecule has 1 N–H and O–H groups in total. The maximum Gasteiger partial charge on any atom is 0.0587 e. The van der Waals surface area contributed by atoms with Gasteiger partial charge in [0.2, 0.25) is 0 Å². The van der Waals surface area contributed by atoms with Crippen LogP contribution in [0, 0.1) is 0 Å². The van der Waals surface area contributed by atoms with Crippen molar-refractivity contribution in [1.82, 2.24) is 15.1 Å². The zero-order valence-electron chi connectivity index (χ0n) is 12.6. The molecule has 0 aliphatic carbocycles. The Morgan fingerprint density at radius 2 is 2.10 bits per heavy atom. The van der Waals surface area contributed by atoms with Crippen molar-refractivity contribution in [2.75, 3.05) is 26.8 Å². The van der Waals surface area contributed by atoms with E-state index in [0.717, 1.165) is 31.1 Å². The van der Waals surface area contributed by atoms with E-state index in [1.807, 2.05) is 30.1 Å². The topological polar surface area (TPSA) is 39.1 Å². The van der Waals surface area contributed by atoms with Crippen molar-refractivity contribution in [3.8, 4) is 0 Å². The lowest BCUT2D eigenvalue weighted by Crippen LogP contribution is -2.26. The lowest BCUT2D eigenvalue weighted by Gasteiger charge is -2.17. The second-order valence-corrected chi connectivity index (χ2v) is 5.61. The van der Waals surface area contributed by atoms with Gasteiger partial charge in [0.1, 0.15) is 0 Å². The van der Waals surface area contributed by atoms with Gasteiger partial charge in [-0.05, 0) is 29.7 Å². The van der Waals surface area contributed by atoms with Crippen molar-refractivity contribution < 1.29 is 4.74 Å². The molecule has 0 spiro atoms. The maximum absolute atomic E-state index is 5.98. The van der Waals surface area contributed by atoms with E-state index in [2.05, 4.69) is 28.7 Å². The molecule has 1 heterocycles. The Kier molecular flexibility index (Phi) is 6.23. The van der Waals surface area contributed by atoms with Gasteiger partial charge in [0.25, 0.3) is 0 Å². The fourth-order valence-corrected chi connectivity index (χ4v) is 2.48. The number of benzene rings is 1. The summed E-state index contributed by atoms with van der Waals surface area (Å²) in [4.78, 5) is 0. The smallest absolute Gasteiger partial charge is 0.0587 e. The molecule has 2 rings (SSSR count). The molecule has 0 aliphatic heterocycles. The summed E-state index contributed by atoms with van der Waals surface area (Å²) in [6.45, 7) is 2.48. The molecule has 4 nitrogen and oxygen atoms in total. The van der Waals surface area contributed by atoms with Gasteiger partial charge in [-0.3, -0.25) is 4.68 Å². The summed E-state index contributed by atoms with van der Waals surface area (Å²) >= 11 is 5.98. The quantitative estimate of drug-likeness (QED) is 0.762. The molecule has 0 saturated carbocycles. The highest BCUT2D eigenvalue weighted by Gasteiger charge is 2.13. The number of nitrogens with one attached hydrogen (secondary N) is 1. The number of aromatic nitrogens is 2. The summed E-state index contributed by atoms with van der Waals surface area (Å²) in [5.41, 5.74) is 2.53. The third-order valence-corrected chi connectivity index (χ3v) is 3.71. The largest absolute Gasteiger partial charge is 0.383 e. The van der Waals surface area contributed by atoms with Crippen LogP contribution in [-0.2, 0) is 18.2 Å². The van der Waals surface area contributed by atoms with Crippen LogP contribution < -0.4 is 5.32 Å². The summed E-state index contributed by atoms with van der Waals surface area (Å²) in [5, 5.41) is 8.45. The molecule has 2 aromatic rings. The van der Waals surface area contributed by atoms with Gasteiger partial charge in [-0.25, -0.2) is 0 Å². The van der Waals surface area contributed by atoms with E-state index in [-0.39, 0.29) is 0 Å². The molecule has 5 heteroatoms. The van der Waals surface area contributed by atoms with E-state index in [4.69, 9.17) is 16.3 Å². The molecular formula is C16H22ClN3O. The third kappa shape index (κ3) is 5.16. The van der Waals surface area contributed by atoms with Gasteiger partial charge in [0, 0.05) is 44.4 Å². The molecule has 0 bridgehead atoms. The molecule has 1 unspecified atom stereocenters. The first kappa shape index (κ1) is 16.0. The Morgan fingerprint density at radius 1 is 1.33 bits per heavy atom. The van der Waals surface area contributed by atoms with E-state index in [1.54, 1.807) is 7.11 Å². The van der Waals surface area contributed by atoms with Gasteiger partial charge >= 0.3 is 0 Å². The van der Waals surface area contributed by atoms with E-state index in [1.165, 1.54) is 11.1 Å². The summed E-state index contributed by atoms with van der Waals surface area (Å²) in [7, 11) is 3.66. The molecule has 0 amide bonds. The van der Waals surface area contributed by atoms with Gasteiger partial charge in [-0.1, -0.05) is 23.7 Å². The number of aryl methyl sites for hydroxylation is 1. The van der Waals surface area contributed by atoms with Gasteiger partial charge in [0.15, 0.2) is 0 Å². The fourth-order valence-electron chi connectivity index (χ4n) is 2.36. The SMILES string of the molecule is COCCNCC(Cc1cnn(C)c1)c1ccc(Cl)cc1. The summed E-state index contributed by atoms with van der Waals surface area (Å²) in [5.74, 6) is 0.392. The average molecular weight is 308 g/mol. The van der Waals surface area contributed by atoms with E-state index < -0.39 is 0 Å². The summed E-state index contributed by atoms with van der Waals surface area (Å²) < 4.78 is 6.91. The average Bonchev–Trinajstić information content (AvgIpc) is 2.88. The molecule has 0 fully saturated rings. The molecule has 1 atom stereocenters. The van der Waals surface area contributed by atoms with Gasteiger partial charge < -0.3 is 10.1 Å². The Hall–Kier alpha value is -1.36. The van der Waals surface area contributed by atoms with Crippen molar-refractivity contribution in [3.63, 3.8) is 0 Å². The zero-order chi connectivity index (χ0) is 15.1. The number of hydrogen-bond donors (Lipinski definition) is 1. The predicted octanol–water partition coefficient (Wildman–Crippen LogP) is 2.64. The minimum atomic E-state index is 0.392. The highest BCUT2D eigenvalue weighted by molar-refractivity contribution is 6.30. The van der Waals surface area contributed by atoms with Crippen molar-refractivity contribution >= 4 is 11.6 Å². The minimum absolute atomic E-state index is 0.392. The number of hydrogen-bond acceptors (Lipinski definition) is 3. The number of nitrogens with zero attached hydrogens (tertiary/aromatic N) is 2. The lowest BCUT2D eigenvalue weighted by molar-refractivity contribution is 0.199. The molecule has 0 saturated heterocycles. The Morgan fingerprint density at radius 3 is 2.71 bits per heavy atom. The standard InChI is InChI=1S/C16H22ClN3O/c1-20-12-13(10-19-20)9-15(11-18-7-8-21-2)14-3-5-16(17)6-4-14/h3-6,10,12,15,18H,7-9,11H2,1-2H3. The zero-order valence-corrected chi connectivity index (χ0v) is 13.3. The minimum Gasteiger partial charge on any atom is -0.383 e. The van der Waals surface area contributed by atoms with Crippen molar-refractivity contribution in [2.45, 2.75) is 12.3 Å². The van der Waals surface area contributed by atoms with Crippen LogP contribution in [0.5, 0.6) is 0 Å². The number of rotatable bonds is 8. The maximum atomic E-state index is 5.98. The second-order valence-electron chi connectivity index (χ2n) is 5.17.